The van der Waals surface area contributed by atoms with E-state index in [9.17, 15) is 14.4 Å². The first-order valence-corrected chi connectivity index (χ1v) is 6.98. The Morgan fingerprint density at radius 1 is 1.42 bits per heavy atom. The molecular formula is C12H15N3O3S. The molecule has 1 aliphatic rings. The topological polar surface area (TPSA) is 79.4 Å². The fraction of sp³-hybridized carbons (Fsp3) is 0.500. The molecule has 2 heterocycles. The van der Waals surface area contributed by atoms with Gasteiger partial charge < -0.3 is 0 Å². The number of thiazole rings is 1. The Morgan fingerprint density at radius 3 is 2.74 bits per heavy atom. The van der Waals surface area contributed by atoms with Crippen LogP contribution in [0, 0.1) is 12.8 Å². The molecular weight excluding hydrogens is 266 g/mol. The number of aromatic nitrogens is 1. The third kappa shape index (κ3) is 2.81. The Hall–Kier alpha value is -1.76. The van der Waals surface area contributed by atoms with Gasteiger partial charge in [0.15, 0.2) is 0 Å². The van der Waals surface area contributed by atoms with Crippen LogP contribution in [0.5, 0.6) is 0 Å². The van der Waals surface area contributed by atoms with E-state index in [0.29, 0.717) is 18.5 Å². The highest BCUT2D eigenvalue weighted by Gasteiger charge is 2.39. The first-order valence-electron chi connectivity index (χ1n) is 6.10. The lowest BCUT2D eigenvalue weighted by Gasteiger charge is -2.29. The maximum atomic E-state index is 12.2. The van der Waals surface area contributed by atoms with E-state index in [1.54, 1.807) is 5.38 Å². The number of rotatable bonds is 4. The Kier molecular flexibility index (Phi) is 3.94. The van der Waals surface area contributed by atoms with E-state index in [4.69, 9.17) is 0 Å². The molecule has 1 unspecified atom stereocenters. The average Bonchev–Trinajstić information content (AvgIpc) is 2.76. The molecule has 1 N–H and O–H groups in total. The minimum atomic E-state index is -0.762. The number of carbonyl (C=O) groups excluding carboxylic acids is 3. The first-order chi connectivity index (χ1) is 9.02. The van der Waals surface area contributed by atoms with E-state index in [1.165, 1.54) is 11.3 Å². The third-order valence-corrected chi connectivity index (χ3v) is 3.74. The molecule has 7 heteroatoms. The molecule has 0 spiro atoms. The van der Waals surface area contributed by atoms with Crippen LogP contribution in [0.3, 0.4) is 0 Å². The van der Waals surface area contributed by atoms with Gasteiger partial charge in [0, 0.05) is 5.38 Å². The molecule has 0 aromatic carbocycles. The highest BCUT2D eigenvalue weighted by Crippen LogP contribution is 2.19. The van der Waals surface area contributed by atoms with Gasteiger partial charge >= 0.3 is 6.03 Å². The smallest absolute Gasteiger partial charge is 0.277 e. The average molecular weight is 281 g/mol. The summed E-state index contributed by atoms with van der Waals surface area (Å²) in [5, 5.41) is 4.91. The van der Waals surface area contributed by atoms with Crippen molar-refractivity contribution in [1.29, 1.82) is 0 Å². The summed E-state index contributed by atoms with van der Waals surface area (Å²) in [7, 11) is 0. The number of hydrogen-bond donors (Lipinski definition) is 1. The quantitative estimate of drug-likeness (QED) is 0.847. The molecule has 2 rings (SSSR count). The van der Waals surface area contributed by atoms with E-state index in [0.717, 1.165) is 9.91 Å². The lowest BCUT2D eigenvalue weighted by atomic mass is 9.99. The second-order valence-electron chi connectivity index (χ2n) is 4.42. The summed E-state index contributed by atoms with van der Waals surface area (Å²) in [6.07, 6.45) is 1.16. The van der Waals surface area contributed by atoms with Crippen molar-refractivity contribution in [3.05, 3.63) is 16.1 Å². The Labute approximate surface area is 114 Å². The van der Waals surface area contributed by atoms with Gasteiger partial charge in [-0.15, -0.1) is 11.3 Å². The number of imide groups is 2. The molecule has 6 nitrogen and oxygen atoms in total. The van der Waals surface area contributed by atoms with Gasteiger partial charge in [0.2, 0.25) is 11.8 Å². The normalized spacial score (nSPS) is 19.8. The maximum absolute atomic E-state index is 12.2. The molecule has 0 radical (unpaired) electrons. The number of nitrogens with one attached hydrogen (secondary N) is 1. The largest absolute Gasteiger partial charge is 0.331 e. The molecule has 0 bridgehead atoms. The van der Waals surface area contributed by atoms with Crippen molar-refractivity contribution < 1.29 is 14.4 Å². The molecule has 1 atom stereocenters. The second kappa shape index (κ2) is 5.48. The van der Waals surface area contributed by atoms with Gasteiger partial charge in [-0.25, -0.2) is 9.78 Å². The molecule has 102 valence electrons. The molecule has 1 aliphatic heterocycles. The van der Waals surface area contributed by atoms with Crippen molar-refractivity contribution in [3.8, 4) is 0 Å². The van der Waals surface area contributed by atoms with Gasteiger partial charge in [-0.1, -0.05) is 13.3 Å². The highest BCUT2D eigenvalue weighted by atomic mass is 32.1. The fourth-order valence-electron chi connectivity index (χ4n) is 2.00. The number of amides is 4. The van der Waals surface area contributed by atoms with Gasteiger partial charge in [0.05, 0.1) is 17.2 Å². The van der Waals surface area contributed by atoms with Crippen LogP contribution in [-0.4, -0.2) is 27.7 Å². The predicted octanol–water partition coefficient (Wildman–Crippen LogP) is 1.45. The molecule has 19 heavy (non-hydrogen) atoms. The van der Waals surface area contributed by atoms with Crippen LogP contribution in [0.1, 0.15) is 30.5 Å². The summed E-state index contributed by atoms with van der Waals surface area (Å²) in [4.78, 5) is 40.8. The predicted molar refractivity (Wildman–Crippen MR) is 69.3 cm³/mol. The first kappa shape index (κ1) is 13.7. The van der Waals surface area contributed by atoms with Gasteiger partial charge in [-0.3, -0.25) is 19.8 Å². The van der Waals surface area contributed by atoms with E-state index >= 15 is 0 Å². The fourth-order valence-corrected chi connectivity index (χ4v) is 2.60. The molecule has 1 aromatic heterocycles. The van der Waals surface area contributed by atoms with Crippen LogP contribution < -0.4 is 5.32 Å². The van der Waals surface area contributed by atoms with Crippen LogP contribution in [0.15, 0.2) is 5.38 Å². The number of nitrogens with zero attached hydrogens (tertiary/aromatic N) is 2. The van der Waals surface area contributed by atoms with Gasteiger partial charge in [-0.05, 0) is 13.3 Å². The zero-order valence-corrected chi connectivity index (χ0v) is 11.6. The summed E-state index contributed by atoms with van der Waals surface area (Å²) < 4.78 is 0. The SMILES string of the molecule is CCCC1C(=O)NC(=O)N(Cc2csc(C)n2)C1=O. The lowest BCUT2D eigenvalue weighted by molar-refractivity contribution is -0.143. The van der Waals surface area contributed by atoms with Crippen LogP contribution in [0.25, 0.3) is 0 Å². The van der Waals surface area contributed by atoms with Crippen molar-refractivity contribution >= 4 is 29.2 Å². The van der Waals surface area contributed by atoms with E-state index in [1.807, 2.05) is 13.8 Å². The Morgan fingerprint density at radius 2 is 2.16 bits per heavy atom. The van der Waals surface area contributed by atoms with Crippen molar-refractivity contribution in [3.63, 3.8) is 0 Å². The lowest BCUT2D eigenvalue weighted by Crippen LogP contribution is -2.57. The minimum absolute atomic E-state index is 0.114. The second-order valence-corrected chi connectivity index (χ2v) is 5.48. The van der Waals surface area contributed by atoms with Crippen molar-refractivity contribution in [2.75, 3.05) is 0 Å². The monoisotopic (exact) mass is 281 g/mol. The van der Waals surface area contributed by atoms with E-state index in [-0.39, 0.29) is 6.54 Å². The van der Waals surface area contributed by atoms with Gasteiger partial charge in [0.1, 0.15) is 5.92 Å². The number of barbiturate groups is 1. The number of carbonyl (C=O) groups is 3. The number of aryl methyl sites for hydroxylation is 1. The highest BCUT2D eigenvalue weighted by molar-refractivity contribution is 7.09. The molecule has 1 aromatic rings. The molecule has 1 fully saturated rings. The molecule has 0 aliphatic carbocycles. The van der Waals surface area contributed by atoms with Gasteiger partial charge in [-0.2, -0.15) is 0 Å². The summed E-state index contributed by atoms with van der Waals surface area (Å²) in [5.74, 6) is -1.69. The summed E-state index contributed by atoms with van der Waals surface area (Å²) in [6.45, 7) is 3.86. The summed E-state index contributed by atoms with van der Waals surface area (Å²) >= 11 is 1.46. The number of hydrogen-bond acceptors (Lipinski definition) is 5. The third-order valence-electron chi connectivity index (χ3n) is 2.92. The number of urea groups is 1. The molecule has 1 saturated heterocycles. The van der Waals surface area contributed by atoms with Crippen molar-refractivity contribution in [2.24, 2.45) is 5.92 Å². The standard InChI is InChI=1S/C12H15N3O3S/c1-3-4-9-10(16)14-12(18)15(11(9)17)5-8-6-19-7(2)13-8/h6,9H,3-5H2,1-2H3,(H,14,16,18). The Balaban J connectivity index is 2.16. The van der Waals surface area contributed by atoms with Crippen LogP contribution in [0.4, 0.5) is 4.79 Å². The molecule has 4 amide bonds. The van der Waals surface area contributed by atoms with Crippen LogP contribution in [0.2, 0.25) is 0 Å². The Bertz CT molecular complexity index is 526. The van der Waals surface area contributed by atoms with Crippen molar-refractivity contribution in [2.45, 2.75) is 33.2 Å². The summed E-state index contributed by atoms with van der Waals surface area (Å²) in [6, 6.07) is -0.659. The van der Waals surface area contributed by atoms with Crippen LogP contribution >= 0.6 is 11.3 Å². The van der Waals surface area contributed by atoms with E-state index in [2.05, 4.69) is 10.3 Å². The minimum Gasteiger partial charge on any atom is -0.277 e. The van der Waals surface area contributed by atoms with Crippen molar-refractivity contribution in [1.82, 2.24) is 15.2 Å². The van der Waals surface area contributed by atoms with Crippen LogP contribution in [-0.2, 0) is 16.1 Å². The van der Waals surface area contributed by atoms with E-state index < -0.39 is 23.8 Å². The molecule has 0 saturated carbocycles. The maximum Gasteiger partial charge on any atom is 0.331 e. The zero-order valence-electron chi connectivity index (χ0n) is 10.8. The summed E-state index contributed by atoms with van der Waals surface area (Å²) in [5.41, 5.74) is 0.663. The van der Waals surface area contributed by atoms with Gasteiger partial charge in [0.25, 0.3) is 0 Å². The zero-order chi connectivity index (χ0) is 14.0.